The molecule has 1 amide bonds. The molecule has 0 aromatic heterocycles. The van der Waals surface area contributed by atoms with E-state index in [0.29, 0.717) is 25.1 Å². The van der Waals surface area contributed by atoms with Gasteiger partial charge in [0.2, 0.25) is 5.91 Å². The van der Waals surface area contributed by atoms with Crippen LogP contribution in [0.3, 0.4) is 0 Å². The van der Waals surface area contributed by atoms with Gasteiger partial charge in [0.15, 0.2) is 6.61 Å². The van der Waals surface area contributed by atoms with Crippen LogP contribution in [0, 0.1) is 17.6 Å². The molecule has 2 aromatic rings. The van der Waals surface area contributed by atoms with E-state index in [-0.39, 0.29) is 11.5 Å². The third-order valence-electron chi connectivity index (χ3n) is 4.50. The number of benzene rings is 2. The molecule has 2 N–H and O–H groups in total. The zero-order chi connectivity index (χ0) is 19.4. The highest BCUT2D eigenvalue weighted by Gasteiger charge is 2.46. The van der Waals surface area contributed by atoms with Gasteiger partial charge in [-0.3, -0.25) is 4.79 Å². The molecule has 0 bridgehead atoms. The maximum absolute atomic E-state index is 13.8. The first-order chi connectivity index (χ1) is 13.0. The van der Waals surface area contributed by atoms with Crippen molar-refractivity contribution < 1.29 is 28.2 Å². The number of hydrogen-bond acceptors (Lipinski definition) is 3. The Hall–Kier alpha value is -2.96. The van der Waals surface area contributed by atoms with Crippen molar-refractivity contribution >= 4 is 11.9 Å². The van der Waals surface area contributed by atoms with Crippen molar-refractivity contribution in [2.45, 2.75) is 18.8 Å². The van der Waals surface area contributed by atoms with Crippen LogP contribution < -0.4 is 10.1 Å². The molecule has 5 nitrogen and oxygen atoms in total. The Morgan fingerprint density at radius 3 is 2.41 bits per heavy atom. The van der Waals surface area contributed by atoms with Gasteiger partial charge in [-0.25, -0.2) is 13.6 Å². The van der Waals surface area contributed by atoms with Crippen molar-refractivity contribution in [3.8, 4) is 5.75 Å². The summed E-state index contributed by atoms with van der Waals surface area (Å²) in [5.41, 5.74) is 0.945. The quantitative estimate of drug-likeness (QED) is 0.744. The number of carbonyl (C=O) groups excluding carboxylic acids is 1. The summed E-state index contributed by atoms with van der Waals surface area (Å²) in [6.07, 6.45) is 1.02. The number of carbonyl (C=O) groups is 2. The lowest BCUT2D eigenvalue weighted by Crippen LogP contribution is -2.27. The molecule has 1 aliphatic rings. The van der Waals surface area contributed by atoms with E-state index >= 15 is 0 Å². The van der Waals surface area contributed by atoms with E-state index in [2.05, 4.69) is 5.32 Å². The highest BCUT2D eigenvalue weighted by atomic mass is 19.1. The maximum atomic E-state index is 13.8. The molecule has 142 valence electrons. The number of nitrogens with one attached hydrogen (secondary N) is 1. The Morgan fingerprint density at radius 2 is 1.78 bits per heavy atom. The molecule has 2 unspecified atom stereocenters. The zero-order valence-electron chi connectivity index (χ0n) is 14.5. The van der Waals surface area contributed by atoms with Crippen LogP contribution >= 0.6 is 0 Å². The van der Waals surface area contributed by atoms with Crippen molar-refractivity contribution in [2.24, 2.45) is 5.92 Å². The number of rotatable bonds is 8. The molecule has 7 heteroatoms. The maximum Gasteiger partial charge on any atom is 0.341 e. The van der Waals surface area contributed by atoms with Gasteiger partial charge >= 0.3 is 5.97 Å². The Labute approximate surface area is 155 Å². The topological polar surface area (TPSA) is 75.6 Å². The lowest BCUT2D eigenvalue weighted by Gasteiger charge is -2.07. The van der Waals surface area contributed by atoms with Gasteiger partial charge in [0.05, 0.1) is 0 Å². The van der Waals surface area contributed by atoms with Crippen LogP contribution in [-0.4, -0.2) is 30.1 Å². The summed E-state index contributed by atoms with van der Waals surface area (Å²) in [6, 6.07) is 10.6. The number of amides is 1. The van der Waals surface area contributed by atoms with Gasteiger partial charge in [0, 0.05) is 23.9 Å². The largest absolute Gasteiger partial charge is 0.482 e. The first-order valence-electron chi connectivity index (χ1n) is 8.61. The zero-order valence-corrected chi connectivity index (χ0v) is 14.5. The summed E-state index contributed by atoms with van der Waals surface area (Å²) in [7, 11) is 0. The monoisotopic (exact) mass is 375 g/mol. The number of aliphatic carboxylic acids is 1. The van der Waals surface area contributed by atoms with Gasteiger partial charge in [-0.1, -0.05) is 18.2 Å². The lowest BCUT2D eigenvalue weighted by atomic mass is 10.1. The fraction of sp³-hybridized carbons (Fsp3) is 0.300. The minimum absolute atomic E-state index is 0.00500. The van der Waals surface area contributed by atoms with Crippen LogP contribution in [-0.2, 0) is 16.0 Å². The van der Waals surface area contributed by atoms with E-state index in [1.54, 1.807) is 24.3 Å². The van der Waals surface area contributed by atoms with Gasteiger partial charge in [0.25, 0.3) is 0 Å². The molecule has 1 saturated carbocycles. The Kier molecular flexibility index (Phi) is 5.69. The SMILES string of the molecule is O=C(O)COc1ccc(CCNC(=O)C2CC2c2c(F)cccc2F)cc1. The molecule has 0 spiro atoms. The summed E-state index contributed by atoms with van der Waals surface area (Å²) in [6.45, 7) is -0.00228. The van der Waals surface area contributed by atoms with Crippen LogP contribution in [0.2, 0.25) is 0 Å². The molecular weight excluding hydrogens is 356 g/mol. The van der Waals surface area contributed by atoms with Crippen molar-refractivity contribution in [1.82, 2.24) is 5.32 Å². The van der Waals surface area contributed by atoms with Gasteiger partial charge in [-0.05, 0) is 42.7 Å². The fourth-order valence-corrected chi connectivity index (χ4v) is 3.03. The van der Waals surface area contributed by atoms with Crippen molar-refractivity contribution in [3.63, 3.8) is 0 Å². The molecule has 2 atom stereocenters. The van der Waals surface area contributed by atoms with Gasteiger partial charge in [-0.2, -0.15) is 0 Å². The van der Waals surface area contributed by atoms with Crippen molar-refractivity contribution in [3.05, 3.63) is 65.2 Å². The molecule has 0 aliphatic heterocycles. The Morgan fingerprint density at radius 1 is 1.11 bits per heavy atom. The summed E-state index contributed by atoms with van der Waals surface area (Å²) in [4.78, 5) is 22.6. The predicted molar refractivity (Wildman–Crippen MR) is 93.5 cm³/mol. The smallest absolute Gasteiger partial charge is 0.341 e. The van der Waals surface area contributed by atoms with E-state index in [0.717, 1.165) is 5.56 Å². The van der Waals surface area contributed by atoms with Gasteiger partial charge in [-0.15, -0.1) is 0 Å². The number of hydrogen-bond donors (Lipinski definition) is 2. The second kappa shape index (κ2) is 8.16. The van der Waals surface area contributed by atoms with E-state index in [9.17, 15) is 18.4 Å². The van der Waals surface area contributed by atoms with Gasteiger partial charge < -0.3 is 15.2 Å². The molecule has 0 radical (unpaired) electrons. The average molecular weight is 375 g/mol. The van der Waals surface area contributed by atoms with E-state index in [1.807, 2.05) is 0 Å². The minimum Gasteiger partial charge on any atom is -0.482 e. The predicted octanol–water partition coefficient (Wildman–Crippen LogP) is 2.89. The molecule has 27 heavy (non-hydrogen) atoms. The second-order valence-electron chi connectivity index (χ2n) is 6.45. The summed E-state index contributed by atoms with van der Waals surface area (Å²) >= 11 is 0. The van der Waals surface area contributed by atoms with Crippen LogP contribution in [0.25, 0.3) is 0 Å². The van der Waals surface area contributed by atoms with Crippen molar-refractivity contribution in [2.75, 3.05) is 13.2 Å². The molecule has 1 aliphatic carbocycles. The molecule has 3 rings (SSSR count). The van der Waals surface area contributed by atoms with Crippen molar-refractivity contribution in [1.29, 1.82) is 0 Å². The first-order valence-corrected chi connectivity index (χ1v) is 8.61. The minimum atomic E-state index is -1.05. The second-order valence-corrected chi connectivity index (χ2v) is 6.45. The van der Waals surface area contributed by atoms with Gasteiger partial charge in [0.1, 0.15) is 17.4 Å². The standard InChI is InChI=1S/C20H19F2NO4/c21-16-2-1-3-17(22)19(16)14-10-15(14)20(26)23-9-8-12-4-6-13(7-5-12)27-11-18(24)25/h1-7,14-15H,8-11H2,(H,23,26)(H,24,25). The number of carboxylic acids is 1. The molecule has 2 aromatic carbocycles. The van der Waals surface area contributed by atoms with Crippen LogP contribution in [0.4, 0.5) is 8.78 Å². The Balaban J connectivity index is 1.45. The molecule has 1 fully saturated rings. The fourth-order valence-electron chi connectivity index (χ4n) is 3.03. The number of halogens is 2. The summed E-state index contributed by atoms with van der Waals surface area (Å²) in [5.74, 6) is -2.82. The summed E-state index contributed by atoms with van der Waals surface area (Å²) < 4.78 is 32.6. The third-order valence-corrected chi connectivity index (χ3v) is 4.50. The van der Waals surface area contributed by atoms with E-state index < -0.39 is 36.0 Å². The number of carboxylic acid groups (broad SMARTS) is 1. The lowest BCUT2D eigenvalue weighted by molar-refractivity contribution is -0.139. The first kappa shape index (κ1) is 18.8. The highest BCUT2D eigenvalue weighted by molar-refractivity contribution is 5.82. The third kappa shape index (κ3) is 4.81. The van der Waals surface area contributed by atoms with E-state index in [4.69, 9.17) is 9.84 Å². The normalized spacial score (nSPS) is 18.0. The van der Waals surface area contributed by atoms with Crippen LogP contribution in [0.5, 0.6) is 5.75 Å². The average Bonchev–Trinajstić information content (AvgIpc) is 3.41. The highest BCUT2D eigenvalue weighted by Crippen LogP contribution is 2.49. The van der Waals surface area contributed by atoms with Crippen LogP contribution in [0.15, 0.2) is 42.5 Å². The Bertz CT molecular complexity index is 818. The van der Waals surface area contributed by atoms with Crippen LogP contribution in [0.1, 0.15) is 23.5 Å². The molecule has 0 saturated heterocycles. The molecular formula is C20H19F2NO4. The van der Waals surface area contributed by atoms with E-state index in [1.165, 1.54) is 18.2 Å². The molecule has 0 heterocycles. The number of ether oxygens (including phenoxy) is 1. The summed E-state index contributed by atoms with van der Waals surface area (Å²) in [5, 5.41) is 11.4.